The van der Waals surface area contributed by atoms with Crippen molar-refractivity contribution in [1.82, 2.24) is 0 Å². The van der Waals surface area contributed by atoms with Gasteiger partial charge in [0.2, 0.25) is 0 Å². The molecule has 0 spiro atoms. The summed E-state index contributed by atoms with van der Waals surface area (Å²) in [5.41, 5.74) is 6.47. The van der Waals surface area contributed by atoms with Crippen molar-refractivity contribution < 1.29 is 8.42 Å². The Morgan fingerprint density at radius 2 is 2.00 bits per heavy atom. The number of hydrogen-bond donors (Lipinski definition) is 1. The second kappa shape index (κ2) is 4.18. The van der Waals surface area contributed by atoms with Crippen LogP contribution in [-0.2, 0) is 9.84 Å². The maximum Gasteiger partial charge on any atom is 0.181 e. The van der Waals surface area contributed by atoms with Gasteiger partial charge in [0, 0.05) is 0 Å². The van der Waals surface area contributed by atoms with Gasteiger partial charge in [-0.05, 0) is 36.9 Å². The quantitative estimate of drug-likeness (QED) is 0.869. The summed E-state index contributed by atoms with van der Waals surface area (Å²) in [4.78, 5) is 0.482. The predicted octanol–water partition coefficient (Wildman–Crippen LogP) is 1.68. The van der Waals surface area contributed by atoms with Gasteiger partial charge in [-0.15, -0.1) is 0 Å². The van der Waals surface area contributed by atoms with Crippen LogP contribution in [0.2, 0.25) is 0 Å². The minimum Gasteiger partial charge on any atom is -0.330 e. The molecular formula is C12H17NO2S. The first-order valence-electron chi connectivity index (χ1n) is 5.60. The lowest BCUT2D eigenvalue weighted by molar-refractivity contribution is 0.592. The molecule has 2 N–H and O–H groups in total. The van der Waals surface area contributed by atoms with E-state index < -0.39 is 9.84 Å². The fourth-order valence-corrected chi connectivity index (χ4v) is 3.81. The fourth-order valence-electron chi connectivity index (χ4n) is 1.83. The van der Waals surface area contributed by atoms with Crippen LogP contribution in [0.5, 0.6) is 0 Å². The molecule has 2 rings (SSSR count). The highest BCUT2D eigenvalue weighted by Gasteiger charge is 2.38. The Morgan fingerprint density at radius 1 is 1.38 bits per heavy atom. The Hall–Kier alpha value is -0.870. The molecule has 0 aromatic heterocycles. The Kier molecular flexibility index (Phi) is 3.04. The maximum absolute atomic E-state index is 12.2. The van der Waals surface area contributed by atoms with Crippen LogP contribution in [0.4, 0.5) is 0 Å². The molecule has 0 bridgehead atoms. The zero-order valence-electron chi connectivity index (χ0n) is 9.39. The van der Waals surface area contributed by atoms with Crippen molar-refractivity contribution >= 4 is 9.84 Å². The van der Waals surface area contributed by atoms with E-state index in [-0.39, 0.29) is 11.2 Å². The van der Waals surface area contributed by atoms with Crippen molar-refractivity contribution in [2.45, 2.75) is 35.8 Å². The topological polar surface area (TPSA) is 60.2 Å². The van der Waals surface area contributed by atoms with E-state index in [0.717, 1.165) is 18.4 Å². The monoisotopic (exact) mass is 239 g/mol. The summed E-state index contributed by atoms with van der Waals surface area (Å²) < 4.78 is 24.4. The molecule has 1 aromatic carbocycles. The number of rotatable bonds is 4. The van der Waals surface area contributed by atoms with E-state index in [1.165, 1.54) is 0 Å². The van der Waals surface area contributed by atoms with Crippen LogP contribution in [0.1, 0.15) is 31.2 Å². The minimum absolute atomic E-state index is 0.0877. The number of sulfone groups is 1. The normalized spacial score (nSPS) is 18.4. The van der Waals surface area contributed by atoms with E-state index in [4.69, 9.17) is 5.73 Å². The summed E-state index contributed by atoms with van der Waals surface area (Å²) in [6.45, 7) is 2.43. The molecule has 16 heavy (non-hydrogen) atoms. The third-order valence-electron chi connectivity index (χ3n) is 3.07. The molecule has 0 aliphatic heterocycles. The fraction of sp³-hybridized carbons (Fsp3) is 0.500. The molecular weight excluding hydrogens is 222 g/mol. The molecule has 0 saturated heterocycles. The van der Waals surface area contributed by atoms with Crippen LogP contribution in [0.25, 0.3) is 0 Å². The largest absolute Gasteiger partial charge is 0.330 e. The Balaban J connectivity index is 2.48. The zero-order chi connectivity index (χ0) is 11.8. The number of benzene rings is 1. The molecule has 1 aliphatic carbocycles. The lowest BCUT2D eigenvalue weighted by atomic mass is 10.0. The molecule has 1 atom stereocenters. The summed E-state index contributed by atoms with van der Waals surface area (Å²) in [5, 5.41) is -0.154. The van der Waals surface area contributed by atoms with Gasteiger partial charge in [0.05, 0.1) is 10.1 Å². The van der Waals surface area contributed by atoms with Gasteiger partial charge >= 0.3 is 0 Å². The summed E-state index contributed by atoms with van der Waals surface area (Å²) >= 11 is 0. The molecule has 1 saturated carbocycles. The van der Waals surface area contributed by atoms with Crippen LogP contribution in [0.15, 0.2) is 29.2 Å². The van der Waals surface area contributed by atoms with Crippen molar-refractivity contribution in [3.63, 3.8) is 0 Å². The van der Waals surface area contributed by atoms with Gasteiger partial charge in [-0.1, -0.05) is 25.1 Å². The summed E-state index contributed by atoms with van der Waals surface area (Å²) in [6, 6.07) is 7.22. The van der Waals surface area contributed by atoms with Gasteiger partial charge in [-0.2, -0.15) is 0 Å². The van der Waals surface area contributed by atoms with Crippen LogP contribution in [0.3, 0.4) is 0 Å². The second-order valence-electron chi connectivity index (χ2n) is 4.42. The summed E-state index contributed by atoms with van der Waals surface area (Å²) in [6.07, 6.45) is 1.60. The first kappa shape index (κ1) is 11.6. The van der Waals surface area contributed by atoms with Crippen molar-refractivity contribution in [3.05, 3.63) is 29.8 Å². The van der Waals surface area contributed by atoms with Gasteiger partial charge in [-0.25, -0.2) is 8.42 Å². The van der Waals surface area contributed by atoms with Crippen molar-refractivity contribution in [3.8, 4) is 0 Å². The first-order valence-corrected chi connectivity index (χ1v) is 7.15. The molecule has 1 fully saturated rings. The minimum atomic E-state index is -3.11. The van der Waals surface area contributed by atoms with Crippen molar-refractivity contribution in [2.75, 3.05) is 6.54 Å². The molecule has 4 heteroatoms. The molecule has 0 radical (unpaired) electrons. The number of hydrogen-bond acceptors (Lipinski definition) is 3. The average Bonchev–Trinajstić information content (AvgIpc) is 3.12. The molecule has 1 unspecified atom stereocenters. The smallest absolute Gasteiger partial charge is 0.181 e. The predicted molar refractivity (Wildman–Crippen MR) is 64.1 cm³/mol. The van der Waals surface area contributed by atoms with E-state index >= 15 is 0 Å². The Labute approximate surface area is 96.6 Å². The third kappa shape index (κ3) is 1.99. The van der Waals surface area contributed by atoms with E-state index in [0.29, 0.717) is 11.4 Å². The van der Waals surface area contributed by atoms with Crippen molar-refractivity contribution in [1.29, 1.82) is 0 Å². The van der Waals surface area contributed by atoms with Crippen LogP contribution >= 0.6 is 0 Å². The Morgan fingerprint density at radius 3 is 2.56 bits per heavy atom. The Bertz CT molecular complexity index is 478. The van der Waals surface area contributed by atoms with E-state index in [1.54, 1.807) is 12.1 Å². The summed E-state index contributed by atoms with van der Waals surface area (Å²) in [5.74, 6) is 0.0877. The molecule has 0 amide bonds. The van der Waals surface area contributed by atoms with Crippen LogP contribution in [0, 0.1) is 0 Å². The third-order valence-corrected chi connectivity index (χ3v) is 5.41. The maximum atomic E-state index is 12.2. The lowest BCUT2D eigenvalue weighted by Crippen LogP contribution is -2.15. The van der Waals surface area contributed by atoms with E-state index in [1.807, 2.05) is 19.1 Å². The molecule has 1 aliphatic rings. The van der Waals surface area contributed by atoms with Crippen LogP contribution in [-0.4, -0.2) is 20.2 Å². The lowest BCUT2D eigenvalue weighted by Gasteiger charge is -2.14. The second-order valence-corrected chi connectivity index (χ2v) is 6.62. The standard InChI is InChI=1S/C12H17NO2S/c1-9(8-13)11-4-2-3-5-12(11)16(14,15)10-6-7-10/h2-5,9-10H,6-8,13H2,1H3. The highest BCUT2D eigenvalue weighted by atomic mass is 32.2. The average molecular weight is 239 g/mol. The SMILES string of the molecule is CC(CN)c1ccccc1S(=O)(=O)C1CC1. The number of nitrogens with two attached hydrogens (primary N) is 1. The summed E-state index contributed by atoms with van der Waals surface area (Å²) in [7, 11) is -3.11. The molecule has 88 valence electrons. The van der Waals surface area contributed by atoms with Gasteiger partial charge < -0.3 is 5.73 Å². The molecule has 3 nitrogen and oxygen atoms in total. The molecule has 0 heterocycles. The van der Waals surface area contributed by atoms with Gasteiger partial charge in [0.15, 0.2) is 9.84 Å². The van der Waals surface area contributed by atoms with Gasteiger partial charge in [0.25, 0.3) is 0 Å². The molecule has 1 aromatic rings. The van der Waals surface area contributed by atoms with E-state index in [2.05, 4.69) is 0 Å². The highest BCUT2D eigenvalue weighted by molar-refractivity contribution is 7.92. The highest BCUT2D eigenvalue weighted by Crippen LogP contribution is 2.36. The van der Waals surface area contributed by atoms with Crippen LogP contribution < -0.4 is 5.73 Å². The first-order chi connectivity index (χ1) is 7.57. The van der Waals surface area contributed by atoms with Gasteiger partial charge in [0.1, 0.15) is 0 Å². The van der Waals surface area contributed by atoms with Crippen molar-refractivity contribution in [2.24, 2.45) is 5.73 Å². The zero-order valence-corrected chi connectivity index (χ0v) is 10.2. The van der Waals surface area contributed by atoms with E-state index in [9.17, 15) is 8.42 Å². The van der Waals surface area contributed by atoms with Gasteiger partial charge in [-0.3, -0.25) is 0 Å².